The first-order chi connectivity index (χ1) is 9.32. The van der Waals surface area contributed by atoms with E-state index in [2.05, 4.69) is 5.32 Å². The van der Waals surface area contributed by atoms with Crippen molar-refractivity contribution in [2.45, 2.75) is 13.3 Å². The Hall–Kier alpha value is -1.46. The molecule has 1 heterocycles. The maximum Gasteiger partial charge on any atom is 0.321 e. The lowest BCUT2D eigenvalue weighted by Gasteiger charge is -2.20. The molecule has 1 unspecified atom stereocenters. The van der Waals surface area contributed by atoms with Crippen LogP contribution in [-0.2, 0) is 4.79 Å². The van der Waals surface area contributed by atoms with Crippen LogP contribution in [0.1, 0.15) is 13.3 Å². The van der Waals surface area contributed by atoms with E-state index in [1.54, 1.807) is 19.1 Å². The molecule has 1 aromatic carbocycles. The molecule has 0 radical (unpaired) electrons. The second-order valence-corrected chi connectivity index (χ2v) is 5.94. The van der Waals surface area contributed by atoms with Crippen LogP contribution in [0.4, 0.5) is 10.5 Å². The third kappa shape index (κ3) is 2.99. The summed E-state index contributed by atoms with van der Waals surface area (Å²) in [6.07, 6.45) is 0.435. The number of halogens is 2. The number of amides is 2. The number of carboxylic acids is 1. The van der Waals surface area contributed by atoms with Crippen molar-refractivity contribution >= 4 is 40.9 Å². The molecule has 0 aromatic heterocycles. The number of urea groups is 1. The van der Waals surface area contributed by atoms with Crippen LogP contribution in [-0.4, -0.2) is 35.1 Å². The smallest absolute Gasteiger partial charge is 0.321 e. The lowest BCUT2D eigenvalue weighted by atomic mass is 9.90. The van der Waals surface area contributed by atoms with Gasteiger partial charge in [-0.15, -0.1) is 0 Å². The number of anilines is 1. The lowest BCUT2D eigenvalue weighted by Crippen LogP contribution is -2.37. The number of benzene rings is 1. The molecule has 1 atom stereocenters. The van der Waals surface area contributed by atoms with Crippen molar-refractivity contribution < 1.29 is 14.7 Å². The number of carboxylic acid groups (broad SMARTS) is 1. The summed E-state index contributed by atoms with van der Waals surface area (Å²) < 4.78 is 0. The fourth-order valence-corrected chi connectivity index (χ4v) is 2.55. The molecule has 0 aliphatic carbocycles. The lowest BCUT2D eigenvalue weighted by molar-refractivity contribution is -0.146. The predicted molar refractivity (Wildman–Crippen MR) is 77.4 cm³/mol. The Morgan fingerprint density at radius 1 is 1.40 bits per heavy atom. The van der Waals surface area contributed by atoms with Crippen LogP contribution < -0.4 is 5.32 Å². The van der Waals surface area contributed by atoms with Crippen LogP contribution >= 0.6 is 23.2 Å². The highest BCUT2D eigenvalue weighted by Gasteiger charge is 2.42. The van der Waals surface area contributed by atoms with Crippen LogP contribution in [0.2, 0.25) is 10.0 Å². The molecule has 20 heavy (non-hydrogen) atoms. The summed E-state index contributed by atoms with van der Waals surface area (Å²) in [5.74, 6) is -0.891. The van der Waals surface area contributed by atoms with E-state index in [0.29, 0.717) is 28.7 Å². The molecule has 1 saturated heterocycles. The van der Waals surface area contributed by atoms with Gasteiger partial charge in [-0.2, -0.15) is 0 Å². The number of nitrogens with one attached hydrogen (secondary N) is 1. The average molecular weight is 317 g/mol. The van der Waals surface area contributed by atoms with Gasteiger partial charge in [-0.25, -0.2) is 4.79 Å². The van der Waals surface area contributed by atoms with Crippen molar-refractivity contribution in [3.8, 4) is 0 Å². The SMILES string of the molecule is CC1(C(=O)O)CCN(C(=O)Nc2ccc(Cl)cc2Cl)C1. The second kappa shape index (κ2) is 5.50. The zero-order valence-corrected chi connectivity index (χ0v) is 12.3. The van der Waals surface area contributed by atoms with E-state index in [1.807, 2.05) is 0 Å². The van der Waals surface area contributed by atoms with Gasteiger partial charge in [-0.05, 0) is 31.5 Å². The normalized spacial score (nSPS) is 21.9. The molecule has 2 N–H and O–H groups in total. The van der Waals surface area contributed by atoms with E-state index >= 15 is 0 Å². The topological polar surface area (TPSA) is 69.6 Å². The number of carbonyl (C=O) groups is 2. The minimum absolute atomic E-state index is 0.180. The number of hydrogen-bond acceptors (Lipinski definition) is 2. The van der Waals surface area contributed by atoms with Crippen molar-refractivity contribution in [2.24, 2.45) is 5.41 Å². The Labute approximate surface area is 126 Å². The van der Waals surface area contributed by atoms with Gasteiger partial charge in [-0.3, -0.25) is 4.79 Å². The van der Waals surface area contributed by atoms with Crippen LogP contribution in [0, 0.1) is 5.41 Å². The van der Waals surface area contributed by atoms with Crippen LogP contribution in [0.3, 0.4) is 0 Å². The number of aliphatic carboxylic acids is 1. The van der Waals surface area contributed by atoms with Gasteiger partial charge in [0.1, 0.15) is 0 Å². The maximum absolute atomic E-state index is 12.1. The maximum atomic E-state index is 12.1. The van der Waals surface area contributed by atoms with E-state index in [4.69, 9.17) is 28.3 Å². The zero-order chi connectivity index (χ0) is 14.9. The predicted octanol–water partition coefficient (Wildman–Crippen LogP) is 3.32. The first-order valence-electron chi connectivity index (χ1n) is 6.06. The first kappa shape index (κ1) is 14.9. The van der Waals surface area contributed by atoms with E-state index in [0.717, 1.165) is 0 Å². The summed E-state index contributed by atoms with van der Waals surface area (Å²) in [6, 6.07) is 4.40. The Kier molecular flexibility index (Phi) is 4.11. The summed E-state index contributed by atoms with van der Waals surface area (Å²) in [5, 5.41) is 12.6. The van der Waals surface area contributed by atoms with Crippen LogP contribution in [0.15, 0.2) is 18.2 Å². The van der Waals surface area contributed by atoms with Crippen LogP contribution in [0.5, 0.6) is 0 Å². The Morgan fingerprint density at radius 2 is 2.10 bits per heavy atom. The molecule has 0 saturated carbocycles. The molecule has 108 valence electrons. The van der Waals surface area contributed by atoms with Crippen molar-refractivity contribution in [1.29, 1.82) is 0 Å². The van der Waals surface area contributed by atoms with E-state index < -0.39 is 11.4 Å². The third-order valence-corrected chi connectivity index (χ3v) is 4.00. The van der Waals surface area contributed by atoms with Crippen molar-refractivity contribution in [3.63, 3.8) is 0 Å². The van der Waals surface area contributed by atoms with E-state index in [-0.39, 0.29) is 12.6 Å². The zero-order valence-electron chi connectivity index (χ0n) is 10.8. The number of rotatable bonds is 2. The summed E-state index contributed by atoms with van der Waals surface area (Å²) in [7, 11) is 0. The number of likely N-dealkylation sites (tertiary alicyclic amines) is 1. The molecule has 1 aliphatic rings. The van der Waals surface area contributed by atoms with Gasteiger partial charge in [0.25, 0.3) is 0 Å². The molecule has 0 bridgehead atoms. The Balaban J connectivity index is 2.05. The Bertz CT molecular complexity index is 565. The second-order valence-electron chi connectivity index (χ2n) is 5.09. The van der Waals surface area contributed by atoms with E-state index in [9.17, 15) is 9.59 Å². The third-order valence-electron chi connectivity index (χ3n) is 3.45. The molecule has 2 rings (SSSR count). The summed E-state index contributed by atoms with van der Waals surface area (Å²) in [6.45, 7) is 2.22. The monoisotopic (exact) mass is 316 g/mol. The fourth-order valence-electron chi connectivity index (χ4n) is 2.09. The van der Waals surface area contributed by atoms with Crippen molar-refractivity contribution in [1.82, 2.24) is 4.90 Å². The fraction of sp³-hybridized carbons (Fsp3) is 0.385. The largest absolute Gasteiger partial charge is 0.481 e. The molecule has 1 aromatic rings. The quantitative estimate of drug-likeness (QED) is 0.879. The summed E-state index contributed by atoms with van der Waals surface area (Å²) in [4.78, 5) is 24.7. The molecule has 2 amide bonds. The highest BCUT2D eigenvalue weighted by atomic mass is 35.5. The van der Waals surface area contributed by atoms with Gasteiger partial charge in [0.15, 0.2) is 0 Å². The van der Waals surface area contributed by atoms with E-state index in [1.165, 1.54) is 11.0 Å². The molecular weight excluding hydrogens is 303 g/mol. The molecule has 7 heteroatoms. The van der Waals surface area contributed by atoms with Crippen molar-refractivity contribution in [2.75, 3.05) is 18.4 Å². The Morgan fingerprint density at radius 3 is 2.65 bits per heavy atom. The first-order valence-corrected chi connectivity index (χ1v) is 6.82. The molecule has 0 spiro atoms. The molecule has 5 nitrogen and oxygen atoms in total. The van der Waals surface area contributed by atoms with Gasteiger partial charge < -0.3 is 15.3 Å². The summed E-state index contributed by atoms with van der Waals surface area (Å²) in [5.41, 5.74) is -0.439. The molecule has 1 aliphatic heterocycles. The standard InChI is InChI=1S/C13H14Cl2N2O3/c1-13(11(18)19)4-5-17(7-13)12(20)16-10-3-2-8(14)6-9(10)15/h2-3,6H,4-5,7H2,1H3,(H,16,20)(H,18,19). The number of carbonyl (C=O) groups excluding carboxylic acids is 1. The van der Waals surface area contributed by atoms with Gasteiger partial charge in [0.2, 0.25) is 0 Å². The summed E-state index contributed by atoms with van der Waals surface area (Å²) >= 11 is 11.8. The number of nitrogens with zero attached hydrogens (tertiary/aromatic N) is 1. The minimum atomic E-state index is -0.891. The van der Waals surface area contributed by atoms with Crippen LogP contribution in [0.25, 0.3) is 0 Å². The van der Waals surface area contributed by atoms with Crippen molar-refractivity contribution in [3.05, 3.63) is 28.2 Å². The number of hydrogen-bond donors (Lipinski definition) is 2. The minimum Gasteiger partial charge on any atom is -0.481 e. The van der Waals surface area contributed by atoms with Gasteiger partial charge in [0, 0.05) is 18.1 Å². The highest BCUT2D eigenvalue weighted by Crippen LogP contribution is 2.31. The molecular formula is C13H14Cl2N2O3. The average Bonchev–Trinajstić information content (AvgIpc) is 2.77. The molecule has 1 fully saturated rings. The highest BCUT2D eigenvalue weighted by molar-refractivity contribution is 6.36. The van der Waals surface area contributed by atoms with Gasteiger partial charge >= 0.3 is 12.0 Å². The van der Waals surface area contributed by atoms with Gasteiger partial charge in [-0.1, -0.05) is 23.2 Å². The van der Waals surface area contributed by atoms with Gasteiger partial charge in [0.05, 0.1) is 16.1 Å².